The molecule has 0 amide bonds. The Morgan fingerprint density at radius 2 is 2.12 bits per heavy atom. The Balaban J connectivity index is 2.15. The van der Waals surface area contributed by atoms with Gasteiger partial charge in [0.05, 0.1) is 18.0 Å². The molecule has 94 valence electrons. The highest BCUT2D eigenvalue weighted by atomic mass is 32.2. The molecule has 2 N–H and O–H groups in total. The molecule has 1 heterocycles. The molecular formula is C13H20N2OS. The van der Waals surface area contributed by atoms with Crippen LogP contribution in [0.5, 0.6) is 5.75 Å². The van der Waals surface area contributed by atoms with Crippen LogP contribution in [0, 0.1) is 0 Å². The zero-order valence-corrected chi connectivity index (χ0v) is 11.1. The van der Waals surface area contributed by atoms with Crippen molar-refractivity contribution in [3.63, 3.8) is 0 Å². The Hall–Kier alpha value is -1.03. The molecular weight excluding hydrogens is 232 g/mol. The number of ether oxygens (including phenoxy) is 1. The minimum Gasteiger partial charge on any atom is -0.491 e. The van der Waals surface area contributed by atoms with Gasteiger partial charge in [0.15, 0.2) is 0 Å². The molecule has 4 heteroatoms. The predicted molar refractivity (Wildman–Crippen MR) is 76.2 cm³/mol. The fraction of sp³-hybridized carbons (Fsp3) is 0.538. The lowest BCUT2D eigenvalue weighted by Crippen LogP contribution is -2.33. The van der Waals surface area contributed by atoms with Gasteiger partial charge in [-0.25, -0.2) is 0 Å². The van der Waals surface area contributed by atoms with Crippen molar-refractivity contribution in [2.45, 2.75) is 13.3 Å². The van der Waals surface area contributed by atoms with Crippen molar-refractivity contribution in [2.75, 3.05) is 41.8 Å². The van der Waals surface area contributed by atoms with E-state index in [2.05, 4.69) is 17.9 Å². The maximum Gasteiger partial charge on any atom is 0.144 e. The van der Waals surface area contributed by atoms with E-state index in [0.717, 1.165) is 43.2 Å². The molecule has 0 unspecified atom stereocenters. The number of nitrogen functional groups attached to an aromatic ring is 1. The van der Waals surface area contributed by atoms with Gasteiger partial charge in [-0.2, -0.15) is 11.8 Å². The molecule has 3 nitrogen and oxygen atoms in total. The van der Waals surface area contributed by atoms with E-state index in [4.69, 9.17) is 10.5 Å². The number of hydrogen-bond donors (Lipinski definition) is 1. The average molecular weight is 252 g/mol. The van der Waals surface area contributed by atoms with E-state index < -0.39 is 0 Å². The van der Waals surface area contributed by atoms with Gasteiger partial charge in [0, 0.05) is 24.6 Å². The molecule has 1 aromatic rings. The normalized spacial score (nSPS) is 15.9. The first-order valence-electron chi connectivity index (χ1n) is 6.17. The Kier molecular flexibility index (Phi) is 4.42. The third-order valence-corrected chi connectivity index (χ3v) is 3.80. The number of rotatable bonds is 4. The zero-order valence-electron chi connectivity index (χ0n) is 10.3. The van der Waals surface area contributed by atoms with Gasteiger partial charge in [-0.15, -0.1) is 0 Å². The Morgan fingerprint density at radius 1 is 1.35 bits per heavy atom. The quantitative estimate of drug-likeness (QED) is 0.836. The molecule has 0 spiro atoms. The minimum atomic E-state index is 0.726. The van der Waals surface area contributed by atoms with Crippen LogP contribution in [0.3, 0.4) is 0 Å². The van der Waals surface area contributed by atoms with Crippen LogP contribution in [0.15, 0.2) is 18.2 Å². The summed E-state index contributed by atoms with van der Waals surface area (Å²) in [6.07, 6.45) is 1.00. The number of nitrogens with zero attached hydrogens (tertiary/aromatic N) is 1. The van der Waals surface area contributed by atoms with E-state index >= 15 is 0 Å². The summed E-state index contributed by atoms with van der Waals surface area (Å²) < 4.78 is 5.66. The van der Waals surface area contributed by atoms with Gasteiger partial charge < -0.3 is 15.4 Å². The summed E-state index contributed by atoms with van der Waals surface area (Å²) in [5, 5.41) is 0. The highest BCUT2D eigenvalue weighted by Crippen LogP contribution is 2.33. The predicted octanol–water partition coefficient (Wildman–Crippen LogP) is 2.61. The molecule has 2 rings (SSSR count). The van der Waals surface area contributed by atoms with Gasteiger partial charge in [-0.1, -0.05) is 13.0 Å². The molecule has 0 aromatic heterocycles. The number of para-hydroxylation sites is 1. The molecule has 1 aliphatic heterocycles. The summed E-state index contributed by atoms with van der Waals surface area (Å²) in [6.45, 7) is 4.98. The molecule has 0 aliphatic carbocycles. The van der Waals surface area contributed by atoms with Crippen LogP contribution < -0.4 is 15.4 Å². The summed E-state index contributed by atoms with van der Waals surface area (Å²) in [7, 11) is 0. The minimum absolute atomic E-state index is 0.726. The van der Waals surface area contributed by atoms with E-state index in [9.17, 15) is 0 Å². The van der Waals surface area contributed by atoms with Gasteiger partial charge in [-0.3, -0.25) is 0 Å². The van der Waals surface area contributed by atoms with E-state index in [0.29, 0.717) is 0 Å². The van der Waals surface area contributed by atoms with Gasteiger partial charge in [-0.05, 0) is 18.6 Å². The summed E-state index contributed by atoms with van der Waals surface area (Å²) in [5.74, 6) is 3.18. The van der Waals surface area contributed by atoms with Crippen LogP contribution in [0.4, 0.5) is 11.4 Å². The second-order valence-electron chi connectivity index (χ2n) is 4.14. The highest BCUT2D eigenvalue weighted by molar-refractivity contribution is 7.99. The molecule has 0 atom stereocenters. The number of thioether (sulfide) groups is 1. The van der Waals surface area contributed by atoms with Gasteiger partial charge in [0.1, 0.15) is 5.75 Å². The maximum absolute atomic E-state index is 6.18. The van der Waals surface area contributed by atoms with Crippen molar-refractivity contribution >= 4 is 23.1 Å². The lowest BCUT2D eigenvalue weighted by Gasteiger charge is -2.30. The summed E-state index contributed by atoms with van der Waals surface area (Å²) >= 11 is 2.00. The monoisotopic (exact) mass is 252 g/mol. The number of benzene rings is 1. The Labute approximate surface area is 107 Å². The van der Waals surface area contributed by atoms with E-state index in [-0.39, 0.29) is 0 Å². The first kappa shape index (κ1) is 12.4. The van der Waals surface area contributed by atoms with E-state index in [1.807, 2.05) is 23.9 Å². The first-order valence-corrected chi connectivity index (χ1v) is 7.32. The third-order valence-electron chi connectivity index (χ3n) is 2.86. The lowest BCUT2D eigenvalue weighted by molar-refractivity contribution is 0.319. The molecule has 0 radical (unpaired) electrons. The van der Waals surface area contributed by atoms with Gasteiger partial charge >= 0.3 is 0 Å². The molecule has 1 aliphatic rings. The third kappa shape index (κ3) is 3.00. The zero-order chi connectivity index (χ0) is 12.1. The summed E-state index contributed by atoms with van der Waals surface area (Å²) in [6, 6.07) is 6.07. The maximum atomic E-state index is 6.18. The topological polar surface area (TPSA) is 38.5 Å². The molecule has 0 bridgehead atoms. The average Bonchev–Trinajstić information content (AvgIpc) is 2.39. The largest absolute Gasteiger partial charge is 0.491 e. The fourth-order valence-corrected chi connectivity index (χ4v) is 2.85. The number of anilines is 2. The van der Waals surface area contributed by atoms with E-state index in [1.54, 1.807) is 0 Å². The van der Waals surface area contributed by atoms with Gasteiger partial charge in [0.2, 0.25) is 0 Å². The number of hydrogen-bond acceptors (Lipinski definition) is 4. The van der Waals surface area contributed by atoms with Crippen molar-refractivity contribution < 1.29 is 4.74 Å². The molecule has 17 heavy (non-hydrogen) atoms. The second-order valence-corrected chi connectivity index (χ2v) is 5.36. The van der Waals surface area contributed by atoms with Crippen LogP contribution in [-0.2, 0) is 0 Å². The van der Waals surface area contributed by atoms with Crippen LogP contribution in [0.2, 0.25) is 0 Å². The summed E-state index contributed by atoms with van der Waals surface area (Å²) in [5.41, 5.74) is 8.09. The van der Waals surface area contributed by atoms with Crippen LogP contribution in [0.25, 0.3) is 0 Å². The molecule has 1 aromatic carbocycles. The van der Waals surface area contributed by atoms with Crippen LogP contribution in [-0.4, -0.2) is 31.2 Å². The molecule has 1 saturated heterocycles. The Bertz CT molecular complexity index is 364. The molecule has 0 saturated carbocycles. The summed E-state index contributed by atoms with van der Waals surface area (Å²) in [4.78, 5) is 2.35. The lowest BCUT2D eigenvalue weighted by atomic mass is 10.2. The van der Waals surface area contributed by atoms with Crippen molar-refractivity contribution in [2.24, 2.45) is 0 Å². The smallest absolute Gasteiger partial charge is 0.144 e. The molecule has 1 fully saturated rings. The van der Waals surface area contributed by atoms with Crippen molar-refractivity contribution in [3.05, 3.63) is 18.2 Å². The number of nitrogens with two attached hydrogens (primary N) is 1. The van der Waals surface area contributed by atoms with Crippen molar-refractivity contribution in [3.8, 4) is 5.75 Å². The first-order chi connectivity index (χ1) is 8.33. The van der Waals surface area contributed by atoms with Crippen molar-refractivity contribution in [1.82, 2.24) is 0 Å². The van der Waals surface area contributed by atoms with Crippen LogP contribution in [0.1, 0.15) is 13.3 Å². The van der Waals surface area contributed by atoms with Crippen LogP contribution >= 0.6 is 11.8 Å². The standard InChI is InChI=1S/C13H20N2OS/c1-2-8-16-12-5-3-4-11(13(12)14)15-6-9-17-10-7-15/h3-5H,2,6-10,14H2,1H3. The van der Waals surface area contributed by atoms with Gasteiger partial charge in [0.25, 0.3) is 0 Å². The highest BCUT2D eigenvalue weighted by Gasteiger charge is 2.15. The van der Waals surface area contributed by atoms with E-state index in [1.165, 1.54) is 11.5 Å². The second kappa shape index (κ2) is 6.05. The fourth-order valence-electron chi connectivity index (χ4n) is 1.95. The van der Waals surface area contributed by atoms with Crippen molar-refractivity contribution in [1.29, 1.82) is 0 Å². The SMILES string of the molecule is CCCOc1cccc(N2CCSCC2)c1N. The Morgan fingerprint density at radius 3 is 2.82 bits per heavy atom.